The Hall–Kier alpha value is -2.24. The number of amides is 1. The molecule has 0 aliphatic carbocycles. The van der Waals surface area contributed by atoms with Crippen LogP contribution in [0.2, 0.25) is 0 Å². The molecule has 0 saturated heterocycles. The lowest BCUT2D eigenvalue weighted by molar-refractivity contribution is 0.0681. The molecule has 2 rings (SSSR count). The van der Waals surface area contributed by atoms with Crippen molar-refractivity contribution in [2.24, 2.45) is 0 Å². The monoisotopic (exact) mass is 305 g/mol. The number of carbonyl (C=O) groups excluding carboxylic acids is 1. The Morgan fingerprint density at radius 2 is 2.23 bits per heavy atom. The van der Waals surface area contributed by atoms with Crippen LogP contribution < -0.4 is 15.6 Å². The molecule has 0 fully saturated rings. The molecule has 1 N–H and O–H groups in total. The highest BCUT2D eigenvalue weighted by molar-refractivity contribution is 5.96. The molecule has 120 valence electrons. The molecular weight excluding hydrogens is 282 g/mol. The van der Waals surface area contributed by atoms with E-state index in [1.54, 1.807) is 22.8 Å². The maximum Gasteiger partial charge on any atom is 0.277 e. The fraction of sp³-hybridized carbons (Fsp3) is 0.500. The maximum atomic E-state index is 12.6. The van der Waals surface area contributed by atoms with Crippen LogP contribution in [0.1, 0.15) is 43.1 Å². The minimum atomic E-state index is -0.268. The topological polar surface area (TPSA) is 63.6 Å². The number of aromatic nitrogens is 1. The first-order valence-electron chi connectivity index (χ1n) is 7.63. The Balaban J connectivity index is 2.32. The molecule has 1 aromatic rings. The summed E-state index contributed by atoms with van der Waals surface area (Å²) in [6.45, 7) is 6.17. The average molecular weight is 305 g/mol. The number of rotatable bonds is 7. The van der Waals surface area contributed by atoms with Gasteiger partial charge in [-0.05, 0) is 19.3 Å². The number of ether oxygens (including phenoxy) is 1. The molecule has 1 amide bonds. The number of hydrogen-bond donors (Lipinski definition) is 1. The van der Waals surface area contributed by atoms with E-state index in [9.17, 15) is 9.59 Å². The van der Waals surface area contributed by atoms with Crippen LogP contribution in [0.5, 0.6) is 5.75 Å². The van der Waals surface area contributed by atoms with Crippen molar-refractivity contribution in [2.75, 3.05) is 19.1 Å². The standard InChI is InChI=1S/C16H23N3O3/c1-4-6-8-13-17-19-10-9-12(20)15(22-11-7-5-2)14(19)16(21)18(13)3/h4,9-10,13,17H,1,5-8,11H2,2-3H3. The number of unbranched alkanes of at least 4 members (excludes halogenated alkanes) is 1. The smallest absolute Gasteiger partial charge is 0.277 e. The quantitative estimate of drug-likeness (QED) is 0.618. The summed E-state index contributed by atoms with van der Waals surface area (Å²) in [6, 6.07) is 1.42. The Morgan fingerprint density at radius 3 is 2.91 bits per heavy atom. The Bertz CT molecular complexity index is 609. The van der Waals surface area contributed by atoms with Crippen molar-refractivity contribution in [3.63, 3.8) is 0 Å². The SMILES string of the molecule is C=CCCC1Nn2ccc(=O)c(OCCCC)c2C(=O)N1C. The molecule has 1 unspecified atom stereocenters. The van der Waals surface area contributed by atoms with Crippen LogP contribution in [0.15, 0.2) is 29.7 Å². The molecule has 2 heterocycles. The molecule has 0 saturated carbocycles. The second kappa shape index (κ2) is 7.15. The van der Waals surface area contributed by atoms with Gasteiger partial charge in [0.25, 0.3) is 5.91 Å². The van der Waals surface area contributed by atoms with E-state index in [1.165, 1.54) is 6.07 Å². The van der Waals surface area contributed by atoms with Gasteiger partial charge in [-0.25, -0.2) is 0 Å². The average Bonchev–Trinajstić information content (AvgIpc) is 2.51. The zero-order valence-electron chi connectivity index (χ0n) is 13.2. The van der Waals surface area contributed by atoms with E-state index in [0.29, 0.717) is 6.61 Å². The van der Waals surface area contributed by atoms with Gasteiger partial charge in [0.05, 0.1) is 6.61 Å². The number of pyridine rings is 1. The number of carbonyl (C=O) groups is 1. The summed E-state index contributed by atoms with van der Waals surface area (Å²) in [4.78, 5) is 26.3. The van der Waals surface area contributed by atoms with Gasteiger partial charge in [0.1, 0.15) is 6.17 Å². The first-order valence-corrected chi connectivity index (χ1v) is 7.63. The highest BCUT2D eigenvalue weighted by Crippen LogP contribution is 2.21. The molecule has 0 bridgehead atoms. The Kier molecular flexibility index (Phi) is 5.25. The molecule has 0 spiro atoms. The van der Waals surface area contributed by atoms with Crippen molar-refractivity contribution < 1.29 is 9.53 Å². The highest BCUT2D eigenvalue weighted by atomic mass is 16.5. The maximum absolute atomic E-state index is 12.6. The fourth-order valence-corrected chi connectivity index (χ4v) is 2.37. The minimum absolute atomic E-state index is 0.127. The molecule has 6 nitrogen and oxygen atoms in total. The van der Waals surface area contributed by atoms with Gasteiger partial charge in [-0.3, -0.25) is 14.3 Å². The fourth-order valence-electron chi connectivity index (χ4n) is 2.37. The van der Waals surface area contributed by atoms with Crippen LogP contribution in [0.4, 0.5) is 0 Å². The van der Waals surface area contributed by atoms with Gasteiger partial charge in [-0.2, -0.15) is 0 Å². The minimum Gasteiger partial charge on any atom is -0.487 e. The molecule has 6 heteroatoms. The highest BCUT2D eigenvalue weighted by Gasteiger charge is 2.32. The van der Waals surface area contributed by atoms with Gasteiger partial charge in [0.2, 0.25) is 5.43 Å². The molecule has 1 aromatic heterocycles. The lowest BCUT2D eigenvalue weighted by atomic mass is 10.2. The Morgan fingerprint density at radius 1 is 1.45 bits per heavy atom. The molecule has 1 aliphatic rings. The van der Waals surface area contributed by atoms with Gasteiger partial charge >= 0.3 is 0 Å². The molecule has 0 radical (unpaired) electrons. The third kappa shape index (κ3) is 3.16. The van der Waals surface area contributed by atoms with E-state index < -0.39 is 0 Å². The predicted octanol–water partition coefficient (Wildman–Crippen LogP) is 1.95. The first-order chi connectivity index (χ1) is 10.6. The molecule has 0 aromatic carbocycles. The molecule has 1 atom stereocenters. The molecule has 22 heavy (non-hydrogen) atoms. The van der Waals surface area contributed by atoms with Crippen LogP contribution in [-0.2, 0) is 0 Å². The number of nitrogens with one attached hydrogen (secondary N) is 1. The van der Waals surface area contributed by atoms with Crippen molar-refractivity contribution in [2.45, 2.75) is 38.8 Å². The summed E-state index contributed by atoms with van der Waals surface area (Å²) in [5, 5.41) is 0. The zero-order valence-corrected chi connectivity index (χ0v) is 13.2. The van der Waals surface area contributed by atoms with Crippen LogP contribution >= 0.6 is 0 Å². The molecular formula is C16H23N3O3. The van der Waals surface area contributed by atoms with E-state index in [0.717, 1.165) is 25.7 Å². The zero-order chi connectivity index (χ0) is 16.1. The number of nitrogens with zero attached hydrogens (tertiary/aromatic N) is 2. The van der Waals surface area contributed by atoms with Gasteiger partial charge in [0.15, 0.2) is 11.4 Å². The van der Waals surface area contributed by atoms with Crippen molar-refractivity contribution in [3.8, 4) is 5.75 Å². The summed E-state index contributed by atoms with van der Waals surface area (Å²) < 4.78 is 7.17. The van der Waals surface area contributed by atoms with Crippen molar-refractivity contribution in [3.05, 3.63) is 40.8 Å². The van der Waals surface area contributed by atoms with Gasteiger partial charge in [-0.1, -0.05) is 19.4 Å². The predicted molar refractivity (Wildman–Crippen MR) is 85.8 cm³/mol. The first kappa shape index (κ1) is 16.1. The second-order valence-electron chi connectivity index (χ2n) is 5.36. The lowest BCUT2D eigenvalue weighted by Crippen LogP contribution is -2.52. The van der Waals surface area contributed by atoms with Crippen molar-refractivity contribution in [1.82, 2.24) is 9.58 Å². The van der Waals surface area contributed by atoms with E-state index in [2.05, 4.69) is 12.0 Å². The normalized spacial score (nSPS) is 16.9. The number of hydrogen-bond acceptors (Lipinski definition) is 4. The van der Waals surface area contributed by atoms with Gasteiger partial charge in [0, 0.05) is 19.3 Å². The van der Waals surface area contributed by atoms with E-state index in [-0.39, 0.29) is 28.9 Å². The van der Waals surface area contributed by atoms with Crippen LogP contribution in [0.25, 0.3) is 0 Å². The Labute approximate surface area is 130 Å². The summed E-state index contributed by atoms with van der Waals surface area (Å²) in [6.07, 6.45) is 6.62. The van der Waals surface area contributed by atoms with E-state index >= 15 is 0 Å². The third-order valence-electron chi connectivity index (χ3n) is 3.72. The second-order valence-corrected chi connectivity index (χ2v) is 5.36. The van der Waals surface area contributed by atoms with Crippen LogP contribution in [0, 0.1) is 0 Å². The van der Waals surface area contributed by atoms with Crippen LogP contribution in [0.3, 0.4) is 0 Å². The third-order valence-corrected chi connectivity index (χ3v) is 3.72. The number of allylic oxidation sites excluding steroid dienone is 1. The number of fused-ring (bicyclic) bond motifs is 1. The van der Waals surface area contributed by atoms with Gasteiger partial charge in [-0.15, -0.1) is 6.58 Å². The largest absolute Gasteiger partial charge is 0.487 e. The van der Waals surface area contributed by atoms with E-state index in [1.807, 2.05) is 13.0 Å². The lowest BCUT2D eigenvalue weighted by Gasteiger charge is -2.36. The summed E-state index contributed by atoms with van der Waals surface area (Å²) in [5.41, 5.74) is 3.22. The van der Waals surface area contributed by atoms with Crippen molar-refractivity contribution in [1.29, 1.82) is 0 Å². The summed E-state index contributed by atoms with van der Waals surface area (Å²) in [5.74, 6) is -0.0838. The summed E-state index contributed by atoms with van der Waals surface area (Å²) >= 11 is 0. The van der Waals surface area contributed by atoms with Crippen LogP contribution in [-0.4, -0.2) is 35.3 Å². The van der Waals surface area contributed by atoms with E-state index in [4.69, 9.17) is 4.74 Å². The summed E-state index contributed by atoms with van der Waals surface area (Å²) in [7, 11) is 1.72. The van der Waals surface area contributed by atoms with Crippen molar-refractivity contribution >= 4 is 5.91 Å². The van der Waals surface area contributed by atoms with Gasteiger partial charge < -0.3 is 15.1 Å². The molecule has 1 aliphatic heterocycles.